The van der Waals surface area contributed by atoms with Crippen LogP contribution in [0, 0.1) is 5.41 Å². The molecule has 1 atom stereocenters. The van der Waals surface area contributed by atoms with Gasteiger partial charge in [0.15, 0.2) is 0 Å². The van der Waals surface area contributed by atoms with Crippen molar-refractivity contribution in [2.75, 3.05) is 0 Å². The number of nitrogens with two attached hydrogens (primary N) is 1. The molecule has 0 aromatic heterocycles. The van der Waals surface area contributed by atoms with E-state index in [4.69, 9.17) is 5.73 Å². The van der Waals surface area contributed by atoms with Gasteiger partial charge >= 0.3 is 6.61 Å². The second-order valence-electron chi connectivity index (χ2n) is 5.65. The van der Waals surface area contributed by atoms with Crippen LogP contribution >= 0.6 is 12.4 Å². The molecule has 0 spiro atoms. The Bertz CT molecular complexity index is 363. The van der Waals surface area contributed by atoms with Gasteiger partial charge in [0.1, 0.15) is 5.75 Å². The van der Waals surface area contributed by atoms with E-state index in [0.29, 0.717) is 0 Å². The fourth-order valence-electron chi connectivity index (χ4n) is 1.65. The maximum Gasteiger partial charge on any atom is 0.387 e. The van der Waals surface area contributed by atoms with Crippen LogP contribution in [0.3, 0.4) is 0 Å². The second kappa shape index (κ2) is 7.65. The minimum Gasteiger partial charge on any atom is -0.435 e. The zero-order chi connectivity index (χ0) is 13.8. The van der Waals surface area contributed by atoms with Gasteiger partial charge in [-0.15, -0.1) is 12.4 Å². The predicted octanol–water partition coefficient (Wildman–Crippen LogP) is 4.54. The van der Waals surface area contributed by atoms with Crippen molar-refractivity contribution in [2.24, 2.45) is 11.1 Å². The molecule has 0 amide bonds. The molecule has 19 heavy (non-hydrogen) atoms. The van der Waals surface area contributed by atoms with Crippen molar-refractivity contribution in [1.82, 2.24) is 0 Å². The Hall–Kier alpha value is -0.870. The number of ether oxygens (including phenoxy) is 1. The van der Waals surface area contributed by atoms with E-state index in [2.05, 4.69) is 25.5 Å². The lowest BCUT2D eigenvalue weighted by atomic mass is 9.87. The summed E-state index contributed by atoms with van der Waals surface area (Å²) in [6, 6.07) is 6.47. The first-order chi connectivity index (χ1) is 8.28. The monoisotopic (exact) mass is 293 g/mol. The molecule has 0 heterocycles. The van der Waals surface area contributed by atoms with Crippen LogP contribution in [0.15, 0.2) is 24.3 Å². The lowest BCUT2D eigenvalue weighted by Gasteiger charge is -2.21. The third-order valence-corrected chi connectivity index (χ3v) is 2.74. The van der Waals surface area contributed by atoms with E-state index in [9.17, 15) is 8.78 Å². The quantitative estimate of drug-likeness (QED) is 0.865. The first kappa shape index (κ1) is 18.1. The van der Waals surface area contributed by atoms with Gasteiger partial charge in [-0.1, -0.05) is 32.9 Å². The Morgan fingerprint density at radius 3 is 2.11 bits per heavy atom. The van der Waals surface area contributed by atoms with E-state index in [1.807, 2.05) is 0 Å². The van der Waals surface area contributed by atoms with Crippen molar-refractivity contribution in [2.45, 2.75) is 46.3 Å². The molecule has 1 aromatic carbocycles. The van der Waals surface area contributed by atoms with E-state index in [1.54, 1.807) is 12.1 Å². The van der Waals surface area contributed by atoms with Gasteiger partial charge in [-0.05, 0) is 36.0 Å². The average Bonchev–Trinajstić information content (AvgIpc) is 2.25. The molecule has 110 valence electrons. The largest absolute Gasteiger partial charge is 0.435 e. The zero-order valence-corrected chi connectivity index (χ0v) is 12.3. The van der Waals surface area contributed by atoms with E-state index in [-0.39, 0.29) is 29.6 Å². The fourth-order valence-corrected chi connectivity index (χ4v) is 1.65. The van der Waals surface area contributed by atoms with Gasteiger partial charge < -0.3 is 10.5 Å². The maximum absolute atomic E-state index is 12.0. The fraction of sp³-hybridized carbons (Fsp3) is 0.571. The summed E-state index contributed by atoms with van der Waals surface area (Å²) in [5, 5.41) is 0. The SMILES string of the molecule is CC(C)(C)CCC(N)c1ccc(OC(F)F)cc1.Cl. The zero-order valence-electron chi connectivity index (χ0n) is 11.5. The first-order valence-electron chi connectivity index (χ1n) is 6.08. The molecule has 1 unspecified atom stereocenters. The molecule has 0 saturated heterocycles. The van der Waals surface area contributed by atoms with Crippen molar-refractivity contribution in [1.29, 1.82) is 0 Å². The molecule has 0 fully saturated rings. The standard InChI is InChI=1S/C14H21F2NO.ClH/c1-14(2,3)9-8-12(17)10-4-6-11(7-5-10)18-13(15)16;/h4-7,12-13H,8-9,17H2,1-3H3;1H. The molecule has 0 radical (unpaired) electrons. The third kappa shape index (κ3) is 7.33. The number of hydrogen-bond donors (Lipinski definition) is 1. The van der Waals surface area contributed by atoms with E-state index in [0.717, 1.165) is 18.4 Å². The van der Waals surface area contributed by atoms with Crippen LogP contribution in [0.25, 0.3) is 0 Å². The summed E-state index contributed by atoms with van der Waals surface area (Å²) in [7, 11) is 0. The smallest absolute Gasteiger partial charge is 0.387 e. The maximum atomic E-state index is 12.0. The number of rotatable bonds is 5. The van der Waals surface area contributed by atoms with Gasteiger partial charge in [-0.3, -0.25) is 0 Å². The molecule has 0 aliphatic carbocycles. The first-order valence-corrected chi connectivity index (χ1v) is 6.08. The lowest BCUT2D eigenvalue weighted by Crippen LogP contribution is -2.14. The van der Waals surface area contributed by atoms with Gasteiger partial charge in [-0.25, -0.2) is 0 Å². The van der Waals surface area contributed by atoms with Gasteiger partial charge in [0.05, 0.1) is 0 Å². The molecule has 5 heteroatoms. The third-order valence-electron chi connectivity index (χ3n) is 2.74. The summed E-state index contributed by atoms with van der Waals surface area (Å²) in [6.45, 7) is 3.71. The van der Waals surface area contributed by atoms with Crippen LogP contribution in [0.1, 0.15) is 45.2 Å². The number of hydrogen-bond acceptors (Lipinski definition) is 2. The van der Waals surface area contributed by atoms with Crippen LogP contribution < -0.4 is 10.5 Å². The predicted molar refractivity (Wildman–Crippen MR) is 75.9 cm³/mol. The van der Waals surface area contributed by atoms with Crippen molar-refractivity contribution < 1.29 is 13.5 Å². The van der Waals surface area contributed by atoms with Crippen LogP contribution in [0.5, 0.6) is 5.75 Å². The highest BCUT2D eigenvalue weighted by atomic mass is 35.5. The van der Waals surface area contributed by atoms with Crippen LogP contribution in [0.2, 0.25) is 0 Å². The average molecular weight is 294 g/mol. The molecule has 1 aromatic rings. The summed E-state index contributed by atoms with van der Waals surface area (Å²) in [5.74, 6) is 0.164. The normalized spacial score (nSPS) is 13.0. The molecule has 2 N–H and O–H groups in total. The Morgan fingerprint density at radius 1 is 1.16 bits per heavy atom. The van der Waals surface area contributed by atoms with E-state index < -0.39 is 6.61 Å². The van der Waals surface area contributed by atoms with Gasteiger partial charge in [0.2, 0.25) is 0 Å². The molecule has 0 aliphatic rings. The Labute approximate surface area is 119 Å². The van der Waals surface area contributed by atoms with Crippen molar-refractivity contribution in [3.8, 4) is 5.75 Å². The summed E-state index contributed by atoms with van der Waals surface area (Å²) in [5.41, 5.74) is 7.26. The van der Waals surface area contributed by atoms with E-state index in [1.165, 1.54) is 12.1 Å². The molecule has 1 rings (SSSR count). The molecular formula is C14H22ClF2NO. The minimum absolute atomic E-state index is 0. The number of halogens is 3. The summed E-state index contributed by atoms with van der Waals surface area (Å²) in [6.07, 6.45) is 1.89. The Morgan fingerprint density at radius 2 is 1.68 bits per heavy atom. The van der Waals surface area contributed by atoms with Gasteiger partial charge in [0.25, 0.3) is 0 Å². The highest BCUT2D eigenvalue weighted by Crippen LogP contribution is 2.27. The highest BCUT2D eigenvalue weighted by molar-refractivity contribution is 5.85. The van der Waals surface area contributed by atoms with Crippen molar-refractivity contribution >= 4 is 12.4 Å². The van der Waals surface area contributed by atoms with Gasteiger partial charge in [-0.2, -0.15) is 8.78 Å². The highest BCUT2D eigenvalue weighted by Gasteiger charge is 2.14. The summed E-state index contributed by atoms with van der Waals surface area (Å²) < 4.78 is 28.3. The Kier molecular flexibility index (Phi) is 7.30. The van der Waals surface area contributed by atoms with Gasteiger partial charge in [0, 0.05) is 6.04 Å². The molecule has 0 bridgehead atoms. The van der Waals surface area contributed by atoms with Crippen molar-refractivity contribution in [3.05, 3.63) is 29.8 Å². The van der Waals surface area contributed by atoms with Crippen molar-refractivity contribution in [3.63, 3.8) is 0 Å². The second-order valence-corrected chi connectivity index (χ2v) is 5.65. The molecule has 0 aliphatic heterocycles. The summed E-state index contributed by atoms with van der Waals surface area (Å²) in [4.78, 5) is 0. The minimum atomic E-state index is -2.79. The number of benzene rings is 1. The Balaban J connectivity index is 0.00000324. The van der Waals surface area contributed by atoms with Crippen LogP contribution in [-0.4, -0.2) is 6.61 Å². The molecular weight excluding hydrogens is 272 g/mol. The summed E-state index contributed by atoms with van der Waals surface area (Å²) >= 11 is 0. The van der Waals surface area contributed by atoms with Crippen LogP contribution in [-0.2, 0) is 0 Å². The molecule has 2 nitrogen and oxygen atoms in total. The lowest BCUT2D eigenvalue weighted by molar-refractivity contribution is -0.0498. The number of alkyl halides is 2. The van der Waals surface area contributed by atoms with Crippen LogP contribution in [0.4, 0.5) is 8.78 Å². The molecule has 0 saturated carbocycles. The topological polar surface area (TPSA) is 35.2 Å². The van der Waals surface area contributed by atoms with E-state index >= 15 is 0 Å².